The van der Waals surface area contributed by atoms with Crippen LogP contribution in [0.4, 0.5) is 4.39 Å². The van der Waals surface area contributed by atoms with Gasteiger partial charge in [0.2, 0.25) is 11.8 Å². The lowest BCUT2D eigenvalue weighted by Crippen LogP contribution is -2.44. The van der Waals surface area contributed by atoms with Crippen molar-refractivity contribution >= 4 is 40.3 Å². The average Bonchev–Trinajstić information content (AvgIpc) is 3.37. The molecule has 0 fully saturated rings. The van der Waals surface area contributed by atoms with E-state index in [9.17, 15) is 33.8 Å². The van der Waals surface area contributed by atoms with Gasteiger partial charge in [-0.05, 0) is 36.5 Å². The van der Waals surface area contributed by atoms with E-state index < -0.39 is 60.4 Å². The van der Waals surface area contributed by atoms with Crippen molar-refractivity contribution in [3.05, 3.63) is 61.1 Å². The lowest BCUT2D eigenvalue weighted by Gasteiger charge is -2.31. The summed E-state index contributed by atoms with van der Waals surface area (Å²) in [5, 5.41) is 32.9. The van der Waals surface area contributed by atoms with E-state index in [4.69, 9.17) is 26.6 Å². The Morgan fingerprint density at radius 3 is 2.80 bits per heavy atom. The summed E-state index contributed by atoms with van der Waals surface area (Å²) in [6.45, 7) is 0.413. The van der Waals surface area contributed by atoms with Gasteiger partial charge in [-0.2, -0.15) is 5.26 Å². The summed E-state index contributed by atoms with van der Waals surface area (Å²) in [5.74, 6) is -2.68. The minimum atomic E-state index is -2.02. The Morgan fingerprint density at radius 1 is 1.32 bits per heavy atom. The number of fused-ring (bicyclic) bond motifs is 5. The molecule has 3 aromatic rings. The molecule has 228 valence electrons. The van der Waals surface area contributed by atoms with Crippen LogP contribution in [0.3, 0.4) is 0 Å². The van der Waals surface area contributed by atoms with Crippen molar-refractivity contribution in [2.24, 2.45) is 0 Å². The van der Waals surface area contributed by atoms with Gasteiger partial charge in [0.15, 0.2) is 5.60 Å². The van der Waals surface area contributed by atoms with Gasteiger partial charge in [0, 0.05) is 29.1 Å². The van der Waals surface area contributed by atoms with Crippen LogP contribution in [0.2, 0.25) is 5.02 Å². The number of carbonyl (C=O) groups excluding carboxylic acids is 3. The van der Waals surface area contributed by atoms with Crippen LogP contribution in [-0.2, 0) is 44.3 Å². The first-order valence-electron chi connectivity index (χ1n) is 14.1. The summed E-state index contributed by atoms with van der Waals surface area (Å²) in [6, 6.07) is 3.84. The van der Waals surface area contributed by atoms with E-state index in [-0.39, 0.29) is 47.8 Å². The number of aryl methyl sites for hydroxylation is 1. The number of amides is 2. The van der Waals surface area contributed by atoms with Gasteiger partial charge in [-0.15, -0.1) is 0 Å². The predicted molar refractivity (Wildman–Crippen MR) is 153 cm³/mol. The van der Waals surface area contributed by atoms with E-state index in [1.165, 1.54) is 10.6 Å². The quantitative estimate of drug-likeness (QED) is 0.259. The number of carbonyl (C=O) groups is 3. The molecule has 3 N–H and O–H groups in total. The Kier molecular flexibility index (Phi) is 7.39. The molecule has 1 aliphatic carbocycles. The molecule has 2 aliphatic heterocycles. The van der Waals surface area contributed by atoms with Gasteiger partial charge in [0.1, 0.15) is 18.8 Å². The molecule has 3 aliphatic rings. The highest BCUT2D eigenvalue weighted by Gasteiger charge is 2.46. The molecule has 0 bridgehead atoms. The topological polar surface area (TPSA) is 175 Å². The molecule has 4 heterocycles. The summed E-state index contributed by atoms with van der Waals surface area (Å²) >= 11 is 6.40. The molecule has 0 saturated carbocycles. The van der Waals surface area contributed by atoms with Gasteiger partial charge in [-0.1, -0.05) is 18.5 Å². The maximum Gasteiger partial charge on any atom is 0.343 e. The molecule has 44 heavy (non-hydrogen) atoms. The fourth-order valence-corrected chi connectivity index (χ4v) is 6.75. The normalized spacial score (nSPS) is 19.5. The molecule has 0 radical (unpaired) electrons. The van der Waals surface area contributed by atoms with E-state index >= 15 is 0 Å². The fourth-order valence-electron chi connectivity index (χ4n) is 6.50. The Labute approximate surface area is 254 Å². The minimum absolute atomic E-state index is 0.0314. The Hall–Kier alpha value is -4.38. The minimum Gasteiger partial charge on any atom is -0.458 e. The number of hydrogen-bond acceptors (Lipinski definition) is 9. The molecule has 14 heteroatoms. The zero-order valence-electron chi connectivity index (χ0n) is 23.6. The number of aliphatic hydroxyl groups excluding tert-OH is 1. The van der Waals surface area contributed by atoms with E-state index in [0.29, 0.717) is 46.3 Å². The van der Waals surface area contributed by atoms with Crippen molar-refractivity contribution in [3.63, 3.8) is 0 Å². The summed E-state index contributed by atoms with van der Waals surface area (Å²) in [7, 11) is 0. The maximum absolute atomic E-state index is 15.0. The summed E-state index contributed by atoms with van der Waals surface area (Å²) in [4.78, 5) is 57.7. The van der Waals surface area contributed by atoms with Crippen LogP contribution in [0.25, 0.3) is 22.3 Å². The van der Waals surface area contributed by atoms with Crippen molar-refractivity contribution < 1.29 is 33.7 Å². The Morgan fingerprint density at radius 2 is 2.09 bits per heavy atom. The molecule has 2 aromatic heterocycles. The van der Waals surface area contributed by atoms with Gasteiger partial charge >= 0.3 is 5.97 Å². The van der Waals surface area contributed by atoms with Crippen LogP contribution in [0, 0.1) is 17.1 Å². The number of nitrogens with zero attached hydrogens (tertiary/aromatic N) is 4. The molecular formula is C30H27ClFN5O7. The molecule has 12 nitrogen and oxygen atoms in total. The molecule has 6 rings (SSSR count). The standard InChI is InChI=1S/C30H27ClFN5O7/c1-2-30(43)17-9-21-27-15(11-37(21)28(41)16(17)13-44-29(30)42)25-19(34-22(39)12-36(7-8-38)23(40)5-6-33)4-3-14-24(25)20(35-27)10-18(32)26(14)31/h9-10,19,38,43H,2-5,7-8,11-13H2,1H3,(H,34,39)/t19?,30-/m0/s1. The number of aromatic nitrogens is 2. The van der Waals surface area contributed by atoms with Gasteiger partial charge in [-0.25, -0.2) is 14.2 Å². The van der Waals surface area contributed by atoms with E-state index in [0.717, 1.165) is 4.90 Å². The van der Waals surface area contributed by atoms with Gasteiger partial charge in [0.05, 0.1) is 59.3 Å². The van der Waals surface area contributed by atoms with Gasteiger partial charge in [0.25, 0.3) is 5.56 Å². The molecular weight excluding hydrogens is 597 g/mol. The summed E-state index contributed by atoms with van der Waals surface area (Å²) in [5.41, 5.74) is 0.408. The van der Waals surface area contributed by atoms with Crippen LogP contribution >= 0.6 is 11.6 Å². The van der Waals surface area contributed by atoms with E-state index in [2.05, 4.69) is 5.32 Å². The largest absolute Gasteiger partial charge is 0.458 e. The second kappa shape index (κ2) is 11.0. The molecule has 2 atom stereocenters. The maximum atomic E-state index is 15.0. The molecule has 0 saturated heterocycles. The number of ether oxygens (including phenoxy) is 1. The fraction of sp³-hybridized carbons (Fsp3) is 0.400. The molecule has 1 unspecified atom stereocenters. The third-order valence-corrected chi connectivity index (χ3v) is 9.07. The zero-order chi connectivity index (χ0) is 31.5. The average molecular weight is 624 g/mol. The highest BCUT2D eigenvalue weighted by Crippen LogP contribution is 2.46. The van der Waals surface area contributed by atoms with Crippen LogP contribution in [0.15, 0.2) is 16.9 Å². The number of rotatable bonds is 7. The second-order valence-corrected chi connectivity index (χ2v) is 11.4. The molecule has 2 amide bonds. The third-order valence-electron chi connectivity index (χ3n) is 8.66. The number of nitriles is 1. The van der Waals surface area contributed by atoms with Crippen molar-refractivity contribution in [3.8, 4) is 17.5 Å². The summed E-state index contributed by atoms with van der Waals surface area (Å²) in [6.07, 6.45) is 0.145. The van der Waals surface area contributed by atoms with E-state index in [1.807, 2.05) is 0 Å². The van der Waals surface area contributed by atoms with Crippen molar-refractivity contribution in [1.29, 1.82) is 5.26 Å². The molecule has 1 aromatic carbocycles. The third kappa shape index (κ3) is 4.44. The van der Waals surface area contributed by atoms with Crippen LogP contribution in [0.5, 0.6) is 0 Å². The molecule has 0 spiro atoms. The smallest absolute Gasteiger partial charge is 0.343 e. The first-order chi connectivity index (χ1) is 21.0. The number of nitrogens with one attached hydrogen (secondary N) is 1. The second-order valence-electron chi connectivity index (χ2n) is 11.0. The first kappa shape index (κ1) is 29.7. The highest BCUT2D eigenvalue weighted by atomic mass is 35.5. The van der Waals surface area contributed by atoms with Crippen LogP contribution in [0.1, 0.15) is 60.0 Å². The summed E-state index contributed by atoms with van der Waals surface area (Å²) < 4.78 is 21.6. The Balaban J connectivity index is 1.49. The van der Waals surface area contributed by atoms with Crippen molar-refractivity contribution in [2.75, 3.05) is 19.7 Å². The van der Waals surface area contributed by atoms with Gasteiger partial charge in [-0.3, -0.25) is 14.4 Å². The highest BCUT2D eigenvalue weighted by molar-refractivity contribution is 6.32. The number of halogens is 2. The number of cyclic esters (lactones) is 1. The number of benzene rings is 1. The first-order valence-corrected chi connectivity index (χ1v) is 14.5. The van der Waals surface area contributed by atoms with Crippen LogP contribution in [-0.4, -0.2) is 62.1 Å². The monoisotopic (exact) mass is 623 g/mol. The lowest BCUT2D eigenvalue weighted by atomic mass is 9.83. The zero-order valence-corrected chi connectivity index (χ0v) is 24.3. The lowest BCUT2D eigenvalue weighted by molar-refractivity contribution is -0.172. The number of pyridine rings is 2. The number of aliphatic hydroxyl groups is 2. The van der Waals surface area contributed by atoms with Crippen LogP contribution < -0.4 is 10.9 Å². The van der Waals surface area contributed by atoms with Crippen molar-refractivity contribution in [1.82, 2.24) is 19.8 Å². The Bertz CT molecular complexity index is 1890. The van der Waals surface area contributed by atoms with Crippen molar-refractivity contribution in [2.45, 2.75) is 57.4 Å². The predicted octanol–water partition coefficient (Wildman–Crippen LogP) is 1.71. The van der Waals surface area contributed by atoms with Gasteiger partial charge < -0.3 is 29.7 Å². The van der Waals surface area contributed by atoms with E-state index in [1.54, 1.807) is 19.1 Å². The number of esters is 1. The number of hydrogen-bond donors (Lipinski definition) is 3. The SMILES string of the molecule is CC[C@@]1(O)C(=O)OCc2c1cc1n(c2=O)Cc2c-1nc1cc(F)c(Cl)c3c1c2C(NC(=O)CN(CCO)C(=O)CC#N)CC3.